The van der Waals surface area contributed by atoms with E-state index < -0.39 is 17.8 Å². The zero-order valence-electron chi connectivity index (χ0n) is 22.1. The molecule has 0 unspecified atom stereocenters. The highest BCUT2D eigenvalue weighted by molar-refractivity contribution is 5.89. The molecule has 7 nitrogen and oxygen atoms in total. The number of rotatable bonds is 8. The van der Waals surface area contributed by atoms with Gasteiger partial charge in [-0.25, -0.2) is 9.48 Å². The summed E-state index contributed by atoms with van der Waals surface area (Å²) in [5.41, 5.74) is 2.00. The van der Waals surface area contributed by atoms with Crippen molar-refractivity contribution in [2.45, 2.75) is 39.9 Å². The van der Waals surface area contributed by atoms with Crippen molar-refractivity contribution in [3.05, 3.63) is 71.4 Å². The molecule has 204 valence electrons. The number of hydrogen-bond donors (Lipinski definition) is 1. The number of carbonyl (C=O) groups excluding carboxylic acids is 1. The van der Waals surface area contributed by atoms with Crippen LogP contribution in [0.4, 0.5) is 29.5 Å². The summed E-state index contributed by atoms with van der Waals surface area (Å²) in [5, 5.41) is 7.54. The van der Waals surface area contributed by atoms with Gasteiger partial charge < -0.3 is 20.0 Å². The maximum absolute atomic E-state index is 13.3. The van der Waals surface area contributed by atoms with Gasteiger partial charge in [-0.05, 0) is 50.2 Å². The monoisotopic (exact) mass is 528 g/mol. The zero-order chi connectivity index (χ0) is 27.3. The number of aromatic nitrogens is 2. The third kappa shape index (κ3) is 6.30. The van der Waals surface area contributed by atoms with Crippen LogP contribution in [-0.2, 0) is 12.7 Å². The summed E-state index contributed by atoms with van der Waals surface area (Å²) in [6.45, 7) is 11.3. The lowest BCUT2D eigenvalue weighted by Gasteiger charge is -2.36. The Balaban J connectivity index is 1.65. The molecule has 3 aromatic rings. The second kappa shape index (κ2) is 11.9. The quantitative estimate of drug-likeness (QED) is 0.402. The Labute approximate surface area is 221 Å². The van der Waals surface area contributed by atoms with Gasteiger partial charge in [0.1, 0.15) is 5.82 Å². The molecule has 1 saturated heterocycles. The molecule has 1 N–H and O–H groups in total. The number of likely N-dealkylation sites (N-methyl/N-ethyl adjacent to an activating group) is 1. The highest BCUT2D eigenvalue weighted by atomic mass is 19.4. The van der Waals surface area contributed by atoms with Crippen molar-refractivity contribution in [1.29, 1.82) is 0 Å². The number of aryl methyl sites for hydroxylation is 1. The van der Waals surface area contributed by atoms with Crippen molar-refractivity contribution < 1.29 is 18.0 Å². The lowest BCUT2D eigenvalue weighted by Crippen LogP contribution is -2.47. The molecule has 0 spiro atoms. The van der Waals surface area contributed by atoms with E-state index in [9.17, 15) is 18.0 Å². The summed E-state index contributed by atoms with van der Waals surface area (Å²) < 4.78 is 41.5. The number of para-hydroxylation sites is 1. The first-order valence-electron chi connectivity index (χ1n) is 13.1. The minimum Gasteiger partial charge on any atom is -0.354 e. The SMILES string of the molecule is CCCN(Cc1c(C)nn(-c2ccccc2)c1N1CCN(CC)CC1)C(=O)Nc1cccc(C(F)(F)F)c1. The number of halogens is 3. The van der Waals surface area contributed by atoms with Crippen molar-refractivity contribution in [3.63, 3.8) is 0 Å². The molecule has 10 heteroatoms. The Morgan fingerprint density at radius 3 is 2.37 bits per heavy atom. The van der Waals surface area contributed by atoms with Crippen LogP contribution in [0.15, 0.2) is 54.6 Å². The first-order chi connectivity index (χ1) is 18.2. The molecule has 4 rings (SSSR count). The van der Waals surface area contributed by atoms with E-state index in [0.29, 0.717) is 19.5 Å². The van der Waals surface area contributed by atoms with E-state index in [1.807, 2.05) is 48.9 Å². The van der Waals surface area contributed by atoms with Gasteiger partial charge in [0.05, 0.1) is 23.5 Å². The molecule has 0 saturated carbocycles. The van der Waals surface area contributed by atoms with E-state index in [1.54, 1.807) is 4.90 Å². The second-order valence-corrected chi connectivity index (χ2v) is 9.49. The zero-order valence-corrected chi connectivity index (χ0v) is 22.1. The Morgan fingerprint density at radius 1 is 1.03 bits per heavy atom. The highest BCUT2D eigenvalue weighted by Gasteiger charge is 2.31. The molecular weight excluding hydrogens is 493 g/mol. The molecule has 0 atom stereocenters. The highest BCUT2D eigenvalue weighted by Crippen LogP contribution is 2.32. The van der Waals surface area contributed by atoms with Crippen LogP contribution >= 0.6 is 0 Å². The summed E-state index contributed by atoms with van der Waals surface area (Å²) >= 11 is 0. The number of benzene rings is 2. The maximum atomic E-state index is 13.3. The first-order valence-corrected chi connectivity index (χ1v) is 13.1. The fraction of sp³-hybridized carbons (Fsp3) is 0.429. The number of nitrogens with zero attached hydrogens (tertiary/aromatic N) is 5. The fourth-order valence-corrected chi connectivity index (χ4v) is 4.77. The predicted molar refractivity (Wildman–Crippen MR) is 144 cm³/mol. The van der Waals surface area contributed by atoms with Crippen LogP contribution in [0.3, 0.4) is 0 Å². The smallest absolute Gasteiger partial charge is 0.354 e. The largest absolute Gasteiger partial charge is 0.416 e. The predicted octanol–water partition coefficient (Wildman–Crippen LogP) is 5.79. The van der Waals surface area contributed by atoms with Crippen LogP contribution in [0.1, 0.15) is 37.1 Å². The lowest BCUT2D eigenvalue weighted by molar-refractivity contribution is -0.137. The van der Waals surface area contributed by atoms with Crippen molar-refractivity contribution in [1.82, 2.24) is 19.6 Å². The van der Waals surface area contributed by atoms with Crippen LogP contribution < -0.4 is 10.2 Å². The number of anilines is 2. The Morgan fingerprint density at radius 2 is 1.74 bits per heavy atom. The summed E-state index contributed by atoms with van der Waals surface area (Å²) in [6, 6.07) is 14.2. The van der Waals surface area contributed by atoms with Crippen LogP contribution in [0.25, 0.3) is 5.69 Å². The molecule has 2 amide bonds. The molecule has 1 aromatic heterocycles. The van der Waals surface area contributed by atoms with E-state index in [-0.39, 0.29) is 5.69 Å². The first kappa shape index (κ1) is 27.5. The Kier molecular flexibility index (Phi) is 8.61. The molecule has 1 aliphatic heterocycles. The van der Waals surface area contributed by atoms with Gasteiger partial charge >= 0.3 is 12.2 Å². The molecule has 0 radical (unpaired) electrons. The minimum atomic E-state index is -4.48. The van der Waals surface area contributed by atoms with Crippen LogP contribution in [0.2, 0.25) is 0 Å². The molecular formula is C28H35F3N6O. The lowest BCUT2D eigenvalue weighted by atomic mass is 10.1. The third-order valence-corrected chi connectivity index (χ3v) is 6.85. The van der Waals surface area contributed by atoms with Crippen molar-refractivity contribution in [2.75, 3.05) is 49.5 Å². The average Bonchev–Trinajstić information content (AvgIpc) is 3.24. The third-order valence-electron chi connectivity index (χ3n) is 6.85. The van der Waals surface area contributed by atoms with Gasteiger partial charge in [0.25, 0.3) is 0 Å². The standard InChI is InChI=1S/C28H35F3N6O/c1-4-14-36(27(38)32-23-11-9-10-22(19-23)28(29,30)31)20-25-21(3)33-37(24-12-7-6-8-13-24)26(25)35-17-15-34(5-2)16-18-35/h6-13,19H,4-5,14-18,20H2,1-3H3,(H,32,38). The number of alkyl halides is 3. The Hall–Kier alpha value is -3.53. The van der Waals surface area contributed by atoms with Gasteiger partial charge in [-0.3, -0.25) is 0 Å². The van der Waals surface area contributed by atoms with E-state index in [2.05, 4.69) is 22.0 Å². The van der Waals surface area contributed by atoms with E-state index in [4.69, 9.17) is 5.10 Å². The molecule has 0 bridgehead atoms. The molecule has 1 fully saturated rings. The number of piperazine rings is 1. The molecule has 0 aliphatic carbocycles. The van der Waals surface area contributed by atoms with Gasteiger partial charge in [-0.15, -0.1) is 0 Å². The van der Waals surface area contributed by atoms with Crippen molar-refractivity contribution in [3.8, 4) is 5.69 Å². The summed E-state index contributed by atoms with van der Waals surface area (Å²) in [4.78, 5) is 19.7. The molecule has 2 aromatic carbocycles. The van der Waals surface area contributed by atoms with Crippen LogP contribution in [-0.4, -0.2) is 64.9 Å². The van der Waals surface area contributed by atoms with E-state index in [0.717, 1.165) is 67.6 Å². The van der Waals surface area contributed by atoms with Gasteiger partial charge in [-0.1, -0.05) is 38.1 Å². The number of carbonyl (C=O) groups is 1. The normalized spacial score (nSPS) is 14.5. The fourth-order valence-electron chi connectivity index (χ4n) is 4.77. The van der Waals surface area contributed by atoms with Crippen molar-refractivity contribution >= 4 is 17.5 Å². The van der Waals surface area contributed by atoms with Crippen molar-refractivity contribution in [2.24, 2.45) is 0 Å². The number of hydrogen-bond acceptors (Lipinski definition) is 4. The number of urea groups is 1. The number of nitrogens with one attached hydrogen (secondary N) is 1. The molecule has 1 aliphatic rings. The molecule has 38 heavy (non-hydrogen) atoms. The average molecular weight is 529 g/mol. The summed E-state index contributed by atoms with van der Waals surface area (Å²) in [5.74, 6) is 0.956. The maximum Gasteiger partial charge on any atom is 0.416 e. The second-order valence-electron chi connectivity index (χ2n) is 9.49. The van der Waals surface area contributed by atoms with Gasteiger partial charge in [0.2, 0.25) is 0 Å². The van der Waals surface area contributed by atoms with Gasteiger partial charge in [0.15, 0.2) is 0 Å². The summed E-state index contributed by atoms with van der Waals surface area (Å²) in [7, 11) is 0. The van der Waals surface area contributed by atoms with E-state index >= 15 is 0 Å². The number of amides is 2. The van der Waals surface area contributed by atoms with Crippen LogP contribution in [0, 0.1) is 6.92 Å². The van der Waals surface area contributed by atoms with Gasteiger partial charge in [-0.2, -0.15) is 18.3 Å². The van der Waals surface area contributed by atoms with E-state index in [1.165, 1.54) is 12.1 Å². The Bertz CT molecular complexity index is 1220. The van der Waals surface area contributed by atoms with Gasteiger partial charge in [0, 0.05) is 44.0 Å². The summed E-state index contributed by atoms with van der Waals surface area (Å²) in [6.07, 6.45) is -3.78. The molecule has 2 heterocycles. The topological polar surface area (TPSA) is 56.6 Å². The van der Waals surface area contributed by atoms with Crippen LogP contribution in [0.5, 0.6) is 0 Å². The minimum absolute atomic E-state index is 0.110.